The maximum Gasteiger partial charge on any atom is 0.252 e. The Labute approximate surface area is 150 Å². The van der Waals surface area contributed by atoms with Gasteiger partial charge in [0.2, 0.25) is 0 Å². The number of aromatic nitrogens is 1. The van der Waals surface area contributed by atoms with Crippen LogP contribution in [0.2, 0.25) is 0 Å². The number of ether oxygens (including phenoxy) is 2. The molecule has 134 valence electrons. The molecule has 3 rings (SSSR count). The lowest BCUT2D eigenvalue weighted by atomic mass is 10.0. The topological polar surface area (TPSA) is 80.4 Å². The zero-order valence-corrected chi connectivity index (χ0v) is 14.9. The number of methoxy groups -OCH3 is 2. The largest absolute Gasteiger partial charge is 0.493 e. The fourth-order valence-electron chi connectivity index (χ4n) is 2.90. The van der Waals surface area contributed by atoms with Crippen LogP contribution in [0.4, 0.5) is 0 Å². The highest BCUT2D eigenvalue weighted by Crippen LogP contribution is 2.27. The standard InChI is InChI=1S/C20H20N2O4/c1-12-18(14-6-4-5-7-15(14)22-19(12)23)20(24)21-11-13-8-9-16(25-2)17(10-13)26-3/h4-10H,11H2,1-3H3,(H,21,24)(H,22,23). The van der Waals surface area contributed by atoms with Crippen molar-refractivity contribution in [1.29, 1.82) is 0 Å². The summed E-state index contributed by atoms with van der Waals surface area (Å²) in [6.45, 7) is 1.95. The number of nitrogens with one attached hydrogen (secondary N) is 2. The van der Waals surface area contributed by atoms with Crippen molar-refractivity contribution in [1.82, 2.24) is 10.3 Å². The molecule has 0 radical (unpaired) electrons. The second kappa shape index (κ2) is 7.31. The molecule has 6 nitrogen and oxygen atoms in total. The number of H-pyrrole nitrogens is 1. The van der Waals surface area contributed by atoms with Gasteiger partial charge >= 0.3 is 0 Å². The van der Waals surface area contributed by atoms with Gasteiger partial charge in [-0.1, -0.05) is 24.3 Å². The first-order chi connectivity index (χ1) is 12.5. The molecule has 1 aromatic heterocycles. The van der Waals surface area contributed by atoms with Crippen LogP contribution in [0.3, 0.4) is 0 Å². The first-order valence-corrected chi connectivity index (χ1v) is 8.16. The average Bonchev–Trinajstić information content (AvgIpc) is 2.66. The second-order valence-corrected chi connectivity index (χ2v) is 5.87. The number of carbonyl (C=O) groups excluding carboxylic acids is 1. The molecule has 0 atom stereocenters. The van der Waals surface area contributed by atoms with Crippen LogP contribution >= 0.6 is 0 Å². The van der Waals surface area contributed by atoms with Crippen LogP contribution in [0.1, 0.15) is 21.5 Å². The van der Waals surface area contributed by atoms with Crippen molar-refractivity contribution in [3.63, 3.8) is 0 Å². The molecule has 0 saturated heterocycles. The number of para-hydroxylation sites is 1. The Kier molecular flexibility index (Phi) is 4.93. The molecule has 0 aliphatic rings. The summed E-state index contributed by atoms with van der Waals surface area (Å²) in [6, 6.07) is 12.7. The Hall–Kier alpha value is -3.28. The minimum atomic E-state index is -0.292. The van der Waals surface area contributed by atoms with E-state index in [2.05, 4.69) is 10.3 Å². The molecule has 0 fully saturated rings. The molecule has 1 heterocycles. The van der Waals surface area contributed by atoms with Gasteiger partial charge in [0.15, 0.2) is 11.5 Å². The van der Waals surface area contributed by atoms with Gasteiger partial charge in [0.1, 0.15) is 0 Å². The Morgan fingerprint density at radius 1 is 1.08 bits per heavy atom. The van der Waals surface area contributed by atoms with E-state index in [4.69, 9.17) is 9.47 Å². The first kappa shape index (κ1) is 17.5. The van der Waals surface area contributed by atoms with Gasteiger partial charge < -0.3 is 19.8 Å². The summed E-state index contributed by atoms with van der Waals surface area (Å²) in [5, 5.41) is 3.59. The van der Waals surface area contributed by atoms with Gasteiger partial charge in [0, 0.05) is 23.0 Å². The number of carbonyl (C=O) groups is 1. The molecule has 26 heavy (non-hydrogen) atoms. The second-order valence-electron chi connectivity index (χ2n) is 5.87. The lowest BCUT2D eigenvalue weighted by molar-refractivity contribution is 0.0951. The molecule has 1 amide bonds. The number of rotatable bonds is 5. The highest BCUT2D eigenvalue weighted by molar-refractivity contribution is 6.07. The van der Waals surface area contributed by atoms with Crippen LogP contribution in [-0.2, 0) is 6.54 Å². The third-order valence-electron chi connectivity index (χ3n) is 4.29. The van der Waals surface area contributed by atoms with E-state index in [9.17, 15) is 9.59 Å². The number of aromatic amines is 1. The molecule has 2 aromatic carbocycles. The van der Waals surface area contributed by atoms with Crippen LogP contribution in [-0.4, -0.2) is 25.1 Å². The van der Waals surface area contributed by atoms with Gasteiger partial charge in [0.25, 0.3) is 11.5 Å². The van der Waals surface area contributed by atoms with Crippen molar-refractivity contribution in [2.75, 3.05) is 14.2 Å². The summed E-state index contributed by atoms with van der Waals surface area (Å²) in [4.78, 5) is 27.7. The predicted molar refractivity (Wildman–Crippen MR) is 100 cm³/mol. The molecular formula is C20H20N2O4. The van der Waals surface area contributed by atoms with Crippen LogP contribution in [0.5, 0.6) is 11.5 Å². The summed E-state index contributed by atoms with van der Waals surface area (Å²) in [6.07, 6.45) is 0. The van der Waals surface area contributed by atoms with Crippen molar-refractivity contribution >= 4 is 16.8 Å². The average molecular weight is 352 g/mol. The molecule has 3 aromatic rings. The van der Waals surface area contributed by atoms with Crippen LogP contribution in [0.15, 0.2) is 47.3 Å². The molecule has 0 aliphatic heterocycles. The zero-order valence-electron chi connectivity index (χ0n) is 14.9. The summed E-state index contributed by atoms with van der Waals surface area (Å²) >= 11 is 0. The zero-order chi connectivity index (χ0) is 18.7. The Balaban J connectivity index is 1.89. The van der Waals surface area contributed by atoms with E-state index in [0.29, 0.717) is 34.7 Å². The van der Waals surface area contributed by atoms with Crippen molar-refractivity contribution in [2.24, 2.45) is 0 Å². The van der Waals surface area contributed by atoms with E-state index in [-0.39, 0.29) is 11.5 Å². The highest BCUT2D eigenvalue weighted by Gasteiger charge is 2.16. The minimum Gasteiger partial charge on any atom is -0.493 e. The monoisotopic (exact) mass is 352 g/mol. The number of benzene rings is 2. The molecule has 0 aliphatic carbocycles. The van der Waals surface area contributed by atoms with Gasteiger partial charge in [-0.2, -0.15) is 0 Å². The van der Waals surface area contributed by atoms with E-state index < -0.39 is 0 Å². The van der Waals surface area contributed by atoms with Crippen molar-refractivity contribution < 1.29 is 14.3 Å². The number of hydrogen-bond donors (Lipinski definition) is 2. The normalized spacial score (nSPS) is 10.6. The van der Waals surface area contributed by atoms with E-state index in [1.807, 2.05) is 30.3 Å². The van der Waals surface area contributed by atoms with E-state index in [1.54, 1.807) is 33.3 Å². The third kappa shape index (κ3) is 3.26. The van der Waals surface area contributed by atoms with Crippen molar-refractivity contribution in [3.8, 4) is 11.5 Å². The molecule has 0 saturated carbocycles. The fourth-order valence-corrected chi connectivity index (χ4v) is 2.90. The van der Waals surface area contributed by atoms with E-state index in [1.165, 1.54) is 0 Å². The number of pyridine rings is 1. The minimum absolute atomic E-state index is 0.264. The van der Waals surface area contributed by atoms with Gasteiger partial charge in [-0.15, -0.1) is 0 Å². The van der Waals surface area contributed by atoms with Crippen molar-refractivity contribution in [2.45, 2.75) is 13.5 Å². The quantitative estimate of drug-likeness (QED) is 0.740. The van der Waals surface area contributed by atoms with Gasteiger partial charge in [-0.25, -0.2) is 0 Å². The highest BCUT2D eigenvalue weighted by atomic mass is 16.5. The molecule has 0 spiro atoms. The molecule has 0 unspecified atom stereocenters. The Bertz CT molecular complexity index is 1020. The lowest BCUT2D eigenvalue weighted by Gasteiger charge is -2.12. The molecule has 2 N–H and O–H groups in total. The van der Waals surface area contributed by atoms with E-state index in [0.717, 1.165) is 10.9 Å². The number of hydrogen-bond acceptors (Lipinski definition) is 4. The van der Waals surface area contributed by atoms with Gasteiger partial charge in [-0.3, -0.25) is 9.59 Å². The summed E-state index contributed by atoms with van der Waals surface area (Å²) in [5.74, 6) is 0.927. The van der Waals surface area contributed by atoms with Crippen LogP contribution in [0.25, 0.3) is 10.9 Å². The van der Waals surface area contributed by atoms with Gasteiger partial charge in [0.05, 0.1) is 19.8 Å². The summed E-state index contributed by atoms with van der Waals surface area (Å²) < 4.78 is 10.5. The smallest absolute Gasteiger partial charge is 0.252 e. The maximum absolute atomic E-state index is 12.8. The molecular weight excluding hydrogens is 332 g/mol. The summed E-state index contributed by atoms with van der Waals surface area (Å²) in [7, 11) is 3.13. The molecule has 0 bridgehead atoms. The number of fused-ring (bicyclic) bond motifs is 1. The SMILES string of the molecule is COc1ccc(CNC(=O)c2c(C)c(=O)[nH]c3ccccc23)cc1OC. The Morgan fingerprint density at radius 2 is 1.81 bits per heavy atom. The van der Waals surface area contributed by atoms with E-state index >= 15 is 0 Å². The summed E-state index contributed by atoms with van der Waals surface area (Å²) in [5.41, 5.74) is 2.03. The maximum atomic E-state index is 12.8. The van der Waals surface area contributed by atoms with Crippen LogP contribution < -0.4 is 20.3 Å². The molecule has 6 heteroatoms. The lowest BCUT2D eigenvalue weighted by Crippen LogP contribution is -2.27. The number of amides is 1. The first-order valence-electron chi connectivity index (χ1n) is 8.16. The predicted octanol–water partition coefficient (Wildman–Crippen LogP) is 2.78. The van der Waals surface area contributed by atoms with Crippen molar-refractivity contribution in [3.05, 3.63) is 69.5 Å². The third-order valence-corrected chi connectivity index (χ3v) is 4.29. The fraction of sp³-hybridized carbons (Fsp3) is 0.200. The van der Waals surface area contributed by atoms with Crippen LogP contribution in [0, 0.1) is 6.92 Å². The Morgan fingerprint density at radius 3 is 2.54 bits per heavy atom. The van der Waals surface area contributed by atoms with Gasteiger partial charge in [-0.05, 0) is 30.7 Å².